The summed E-state index contributed by atoms with van der Waals surface area (Å²) in [7, 11) is 0. The van der Waals surface area contributed by atoms with Crippen LogP contribution in [-0.4, -0.2) is 17.0 Å². The molecule has 1 heterocycles. The summed E-state index contributed by atoms with van der Waals surface area (Å²) >= 11 is 0. The van der Waals surface area contributed by atoms with Crippen LogP contribution in [0, 0.1) is 6.92 Å². The smallest absolute Gasteiger partial charge is 0.220 e. The quantitative estimate of drug-likeness (QED) is 0.654. The maximum atomic E-state index is 11.9. The van der Waals surface area contributed by atoms with Crippen LogP contribution in [0.5, 0.6) is 0 Å². The number of amides is 1. The van der Waals surface area contributed by atoms with Crippen LogP contribution in [0.25, 0.3) is 10.9 Å². The number of hydrogen-bond acceptors (Lipinski definition) is 1. The van der Waals surface area contributed by atoms with Gasteiger partial charge >= 0.3 is 0 Å². The van der Waals surface area contributed by atoms with E-state index >= 15 is 0 Å². The van der Waals surface area contributed by atoms with Crippen LogP contribution in [-0.2, 0) is 17.8 Å². The molecule has 0 bridgehead atoms. The number of para-hydroxylation sites is 1. The lowest BCUT2D eigenvalue weighted by molar-refractivity contribution is -0.121. The molecule has 124 valence electrons. The molecule has 0 atom stereocenters. The molecule has 0 spiro atoms. The molecular weight excluding hydrogens is 296 g/mol. The van der Waals surface area contributed by atoms with Crippen molar-refractivity contribution in [1.82, 2.24) is 9.88 Å². The van der Waals surface area contributed by atoms with Gasteiger partial charge < -0.3 is 9.88 Å². The molecular formula is C21H24N2O. The number of carbonyl (C=O) groups excluding carboxylic acids is 1. The van der Waals surface area contributed by atoms with Crippen LogP contribution in [0.2, 0.25) is 0 Å². The number of rotatable bonds is 7. The molecule has 0 aliphatic heterocycles. The SMILES string of the molecule is Cc1ccc(CCC(=O)NCCCn2ccc3ccccc32)cc1. The van der Waals surface area contributed by atoms with Crippen molar-refractivity contribution < 1.29 is 4.79 Å². The number of carbonyl (C=O) groups is 1. The third kappa shape index (κ3) is 4.25. The highest BCUT2D eigenvalue weighted by Crippen LogP contribution is 2.15. The number of hydrogen-bond donors (Lipinski definition) is 1. The number of benzene rings is 2. The standard InChI is InChI=1S/C21H24N2O/c1-17-7-9-18(10-8-17)11-12-21(24)22-14-4-15-23-16-13-19-5-2-3-6-20(19)23/h2-3,5-10,13,16H,4,11-12,14-15H2,1H3,(H,22,24). The summed E-state index contributed by atoms with van der Waals surface area (Å²) in [5, 5.41) is 4.29. The average molecular weight is 320 g/mol. The Morgan fingerprint density at radius 1 is 1.04 bits per heavy atom. The van der Waals surface area contributed by atoms with Gasteiger partial charge in [0.15, 0.2) is 0 Å². The van der Waals surface area contributed by atoms with Gasteiger partial charge in [-0.3, -0.25) is 4.79 Å². The number of nitrogens with one attached hydrogen (secondary N) is 1. The highest BCUT2D eigenvalue weighted by atomic mass is 16.1. The molecule has 3 aromatic rings. The zero-order valence-electron chi connectivity index (χ0n) is 14.2. The Morgan fingerprint density at radius 3 is 2.67 bits per heavy atom. The Balaban J connectivity index is 1.38. The lowest BCUT2D eigenvalue weighted by Gasteiger charge is -2.08. The first-order valence-electron chi connectivity index (χ1n) is 8.58. The number of aromatic nitrogens is 1. The zero-order chi connectivity index (χ0) is 16.8. The Hall–Kier alpha value is -2.55. The predicted octanol–water partition coefficient (Wildman–Crippen LogP) is 4.09. The first-order valence-corrected chi connectivity index (χ1v) is 8.58. The molecule has 1 N–H and O–H groups in total. The van der Waals surface area contributed by atoms with E-state index in [2.05, 4.69) is 77.6 Å². The largest absolute Gasteiger partial charge is 0.356 e. The summed E-state index contributed by atoms with van der Waals surface area (Å²) in [5.41, 5.74) is 3.72. The minimum absolute atomic E-state index is 0.132. The molecule has 0 unspecified atom stereocenters. The maximum Gasteiger partial charge on any atom is 0.220 e. The molecule has 2 aromatic carbocycles. The Morgan fingerprint density at radius 2 is 1.83 bits per heavy atom. The molecule has 0 saturated heterocycles. The first kappa shape index (κ1) is 16.3. The molecule has 0 saturated carbocycles. The van der Waals surface area contributed by atoms with Crippen molar-refractivity contribution in [3.63, 3.8) is 0 Å². The zero-order valence-corrected chi connectivity index (χ0v) is 14.2. The summed E-state index contributed by atoms with van der Waals surface area (Å²) < 4.78 is 2.24. The summed E-state index contributed by atoms with van der Waals surface area (Å²) in [6, 6.07) is 18.9. The van der Waals surface area contributed by atoms with Gasteiger partial charge in [-0.05, 0) is 42.8 Å². The molecule has 3 rings (SSSR count). The summed E-state index contributed by atoms with van der Waals surface area (Å²) in [4.78, 5) is 11.9. The summed E-state index contributed by atoms with van der Waals surface area (Å²) in [6.45, 7) is 3.72. The van der Waals surface area contributed by atoms with Gasteiger partial charge in [0.2, 0.25) is 5.91 Å². The molecule has 0 radical (unpaired) electrons. The van der Waals surface area contributed by atoms with E-state index in [-0.39, 0.29) is 5.91 Å². The maximum absolute atomic E-state index is 11.9. The van der Waals surface area contributed by atoms with Gasteiger partial charge in [-0.1, -0.05) is 48.0 Å². The van der Waals surface area contributed by atoms with Crippen molar-refractivity contribution in [3.8, 4) is 0 Å². The van der Waals surface area contributed by atoms with Crippen molar-refractivity contribution in [1.29, 1.82) is 0 Å². The van der Waals surface area contributed by atoms with Crippen LogP contribution in [0.4, 0.5) is 0 Å². The summed E-state index contributed by atoms with van der Waals surface area (Å²) in [5.74, 6) is 0.132. The monoisotopic (exact) mass is 320 g/mol. The second kappa shape index (κ2) is 7.82. The molecule has 0 fully saturated rings. The minimum atomic E-state index is 0.132. The Labute approximate surface area is 143 Å². The van der Waals surface area contributed by atoms with Crippen molar-refractivity contribution >= 4 is 16.8 Å². The highest BCUT2D eigenvalue weighted by Gasteiger charge is 2.03. The highest BCUT2D eigenvalue weighted by molar-refractivity contribution is 5.79. The molecule has 24 heavy (non-hydrogen) atoms. The summed E-state index contributed by atoms with van der Waals surface area (Å²) in [6.07, 6.45) is 4.41. The lowest BCUT2D eigenvalue weighted by atomic mass is 10.1. The van der Waals surface area contributed by atoms with Crippen LogP contribution >= 0.6 is 0 Å². The first-order chi connectivity index (χ1) is 11.7. The minimum Gasteiger partial charge on any atom is -0.356 e. The van der Waals surface area contributed by atoms with Crippen LogP contribution in [0.1, 0.15) is 24.0 Å². The second-order valence-electron chi connectivity index (χ2n) is 6.26. The van der Waals surface area contributed by atoms with E-state index in [4.69, 9.17) is 0 Å². The van der Waals surface area contributed by atoms with Crippen molar-refractivity contribution in [2.24, 2.45) is 0 Å². The number of aryl methyl sites for hydroxylation is 3. The Kier molecular flexibility index (Phi) is 5.32. The molecule has 1 amide bonds. The van der Waals surface area contributed by atoms with Crippen molar-refractivity contribution in [3.05, 3.63) is 71.9 Å². The molecule has 3 nitrogen and oxygen atoms in total. The van der Waals surface area contributed by atoms with Crippen LogP contribution < -0.4 is 5.32 Å². The van der Waals surface area contributed by atoms with Gasteiger partial charge in [0.25, 0.3) is 0 Å². The van der Waals surface area contributed by atoms with Gasteiger partial charge in [0, 0.05) is 31.2 Å². The van der Waals surface area contributed by atoms with Gasteiger partial charge in [0.05, 0.1) is 0 Å². The van der Waals surface area contributed by atoms with Crippen LogP contribution in [0.3, 0.4) is 0 Å². The molecule has 1 aromatic heterocycles. The van der Waals surface area contributed by atoms with Gasteiger partial charge in [-0.2, -0.15) is 0 Å². The average Bonchev–Trinajstić information content (AvgIpc) is 3.01. The van der Waals surface area contributed by atoms with E-state index in [0.29, 0.717) is 6.42 Å². The van der Waals surface area contributed by atoms with E-state index in [1.54, 1.807) is 0 Å². The topological polar surface area (TPSA) is 34.0 Å². The fourth-order valence-electron chi connectivity index (χ4n) is 2.91. The normalized spacial score (nSPS) is 10.9. The van der Waals surface area contributed by atoms with Gasteiger partial charge in [-0.25, -0.2) is 0 Å². The molecule has 3 heteroatoms. The molecule has 0 aliphatic carbocycles. The fraction of sp³-hybridized carbons (Fsp3) is 0.286. The van der Waals surface area contributed by atoms with E-state index in [9.17, 15) is 4.79 Å². The third-order valence-electron chi connectivity index (χ3n) is 4.34. The van der Waals surface area contributed by atoms with Crippen molar-refractivity contribution in [2.45, 2.75) is 32.7 Å². The third-order valence-corrected chi connectivity index (χ3v) is 4.34. The van der Waals surface area contributed by atoms with E-state index in [1.165, 1.54) is 22.0 Å². The van der Waals surface area contributed by atoms with Crippen LogP contribution in [0.15, 0.2) is 60.8 Å². The lowest BCUT2D eigenvalue weighted by Crippen LogP contribution is -2.25. The van der Waals surface area contributed by atoms with Gasteiger partial charge in [0.1, 0.15) is 0 Å². The number of fused-ring (bicyclic) bond motifs is 1. The predicted molar refractivity (Wildman–Crippen MR) is 99.1 cm³/mol. The number of nitrogens with zero attached hydrogens (tertiary/aromatic N) is 1. The van der Waals surface area contributed by atoms with E-state index < -0.39 is 0 Å². The van der Waals surface area contributed by atoms with Gasteiger partial charge in [-0.15, -0.1) is 0 Å². The van der Waals surface area contributed by atoms with E-state index in [0.717, 1.165) is 25.9 Å². The fourth-order valence-corrected chi connectivity index (χ4v) is 2.91. The molecule has 0 aliphatic rings. The Bertz CT molecular complexity index is 802. The second-order valence-corrected chi connectivity index (χ2v) is 6.26. The van der Waals surface area contributed by atoms with Crippen molar-refractivity contribution in [2.75, 3.05) is 6.54 Å². The van der Waals surface area contributed by atoms with E-state index in [1.807, 2.05) is 0 Å².